The topological polar surface area (TPSA) is 93.7 Å². The summed E-state index contributed by atoms with van der Waals surface area (Å²) in [4.78, 5) is 26.0. The van der Waals surface area contributed by atoms with Crippen LogP contribution in [0, 0.1) is 5.92 Å². The van der Waals surface area contributed by atoms with Crippen molar-refractivity contribution in [1.82, 2.24) is 21.0 Å². The van der Waals surface area contributed by atoms with Crippen LogP contribution < -0.4 is 16.1 Å². The number of nitrogens with one attached hydrogen (secondary N) is 3. The molecule has 2 unspecified atom stereocenters. The second-order valence-electron chi connectivity index (χ2n) is 8.83. The quantitative estimate of drug-likeness (QED) is 0.358. The van der Waals surface area contributed by atoms with E-state index in [1.165, 1.54) is 37.0 Å². The second-order valence-corrected chi connectivity index (χ2v) is 8.83. The number of hydroxylamine groups is 1. The van der Waals surface area contributed by atoms with Crippen molar-refractivity contribution >= 4 is 11.8 Å². The minimum absolute atomic E-state index is 0.155. The molecule has 32 heavy (non-hydrogen) atoms. The molecular formula is C25H32N4O3. The zero-order valence-electron chi connectivity index (χ0n) is 18.3. The molecule has 0 spiro atoms. The number of rotatable bonds is 9. The number of nitrogens with zero attached hydrogens (tertiary/aromatic N) is 1. The van der Waals surface area contributed by atoms with E-state index in [-0.39, 0.29) is 5.91 Å². The Kier molecular flexibility index (Phi) is 7.52. The zero-order chi connectivity index (χ0) is 22.3. The number of hydrogen-bond donors (Lipinski definition) is 4. The van der Waals surface area contributed by atoms with Crippen LogP contribution in [0.1, 0.15) is 51.5 Å². The van der Waals surface area contributed by atoms with Crippen molar-refractivity contribution in [2.75, 3.05) is 32.7 Å². The average Bonchev–Trinajstić information content (AvgIpc) is 3.63. The molecule has 2 aromatic rings. The Balaban J connectivity index is 1.10. The van der Waals surface area contributed by atoms with Gasteiger partial charge in [0.05, 0.1) is 0 Å². The summed E-state index contributed by atoms with van der Waals surface area (Å²) >= 11 is 0. The summed E-state index contributed by atoms with van der Waals surface area (Å²) in [6.45, 7) is 4.68. The fraction of sp³-hybridized carbons (Fsp3) is 0.440. The highest BCUT2D eigenvalue weighted by Crippen LogP contribution is 2.40. The Labute approximate surface area is 189 Å². The fourth-order valence-corrected chi connectivity index (χ4v) is 4.49. The lowest BCUT2D eigenvalue weighted by molar-refractivity contribution is 0.0706. The molecule has 0 bridgehead atoms. The van der Waals surface area contributed by atoms with Gasteiger partial charge in [0, 0.05) is 36.2 Å². The first-order chi connectivity index (χ1) is 15.6. The lowest BCUT2D eigenvalue weighted by Gasteiger charge is -2.32. The number of carbonyl (C=O) groups excluding carboxylic acids is 2. The molecule has 1 heterocycles. The summed E-state index contributed by atoms with van der Waals surface area (Å²) in [7, 11) is 0. The maximum absolute atomic E-state index is 12.3. The molecule has 7 heteroatoms. The Morgan fingerprint density at radius 2 is 1.59 bits per heavy atom. The van der Waals surface area contributed by atoms with Crippen LogP contribution in [0.3, 0.4) is 0 Å². The van der Waals surface area contributed by atoms with Crippen LogP contribution in [-0.2, 0) is 0 Å². The SMILES string of the molecule is O=C(NO)c1ccc(C(=O)NCCN2CCC(CNC3CC3c3ccccc3)CC2)cc1. The maximum Gasteiger partial charge on any atom is 0.274 e. The smallest absolute Gasteiger partial charge is 0.274 e. The van der Waals surface area contributed by atoms with Crippen molar-refractivity contribution in [3.63, 3.8) is 0 Å². The number of likely N-dealkylation sites (tertiary alicyclic amines) is 1. The van der Waals surface area contributed by atoms with Gasteiger partial charge in [-0.15, -0.1) is 0 Å². The van der Waals surface area contributed by atoms with Crippen LogP contribution in [-0.4, -0.2) is 60.7 Å². The van der Waals surface area contributed by atoms with Crippen molar-refractivity contribution < 1.29 is 14.8 Å². The summed E-state index contributed by atoms with van der Waals surface area (Å²) in [6, 6.07) is 17.6. The van der Waals surface area contributed by atoms with Gasteiger partial charge < -0.3 is 15.5 Å². The van der Waals surface area contributed by atoms with E-state index < -0.39 is 5.91 Å². The lowest BCUT2D eigenvalue weighted by atomic mass is 9.96. The summed E-state index contributed by atoms with van der Waals surface area (Å²) < 4.78 is 0. The van der Waals surface area contributed by atoms with Crippen molar-refractivity contribution in [2.45, 2.75) is 31.2 Å². The van der Waals surface area contributed by atoms with Crippen LogP contribution in [0.15, 0.2) is 54.6 Å². The van der Waals surface area contributed by atoms with Crippen LogP contribution >= 0.6 is 0 Å². The normalized spacial score (nSPS) is 21.2. The lowest BCUT2D eigenvalue weighted by Crippen LogP contribution is -2.41. The van der Waals surface area contributed by atoms with Crippen LogP contribution in [0.4, 0.5) is 0 Å². The summed E-state index contributed by atoms with van der Waals surface area (Å²) in [5.74, 6) is 0.664. The fourth-order valence-electron chi connectivity index (χ4n) is 4.49. The Morgan fingerprint density at radius 3 is 2.25 bits per heavy atom. The van der Waals surface area contributed by atoms with E-state index >= 15 is 0 Å². The molecule has 2 atom stereocenters. The molecule has 0 radical (unpaired) electrons. The van der Waals surface area contributed by atoms with Gasteiger partial charge in [-0.05, 0) is 74.6 Å². The third-order valence-corrected chi connectivity index (χ3v) is 6.62. The van der Waals surface area contributed by atoms with Crippen LogP contribution in [0.5, 0.6) is 0 Å². The van der Waals surface area contributed by atoms with Crippen LogP contribution in [0.25, 0.3) is 0 Å². The van der Waals surface area contributed by atoms with Gasteiger partial charge in [0.25, 0.3) is 11.8 Å². The van der Waals surface area contributed by atoms with Gasteiger partial charge in [-0.2, -0.15) is 0 Å². The van der Waals surface area contributed by atoms with E-state index in [0.29, 0.717) is 29.6 Å². The first kappa shape index (κ1) is 22.5. The molecule has 170 valence electrons. The van der Waals surface area contributed by atoms with E-state index in [1.807, 2.05) is 0 Å². The summed E-state index contributed by atoms with van der Waals surface area (Å²) in [5, 5.41) is 15.4. The Hall–Kier alpha value is -2.74. The number of piperidine rings is 1. The van der Waals surface area contributed by atoms with Gasteiger partial charge in [-0.1, -0.05) is 30.3 Å². The standard InChI is InChI=1S/C25H32N4O3/c30-24(20-6-8-21(9-7-20)25(31)28-32)26-12-15-29-13-10-18(11-14-29)17-27-23-16-22(23)19-4-2-1-3-5-19/h1-9,18,22-23,27,32H,10-17H2,(H,26,30)(H,28,31). The molecule has 1 saturated heterocycles. The molecule has 2 amide bonds. The first-order valence-corrected chi connectivity index (χ1v) is 11.5. The van der Waals surface area contributed by atoms with Gasteiger partial charge in [-0.3, -0.25) is 14.8 Å². The van der Waals surface area contributed by atoms with Gasteiger partial charge >= 0.3 is 0 Å². The molecule has 1 aliphatic heterocycles. The molecule has 7 nitrogen and oxygen atoms in total. The molecule has 4 N–H and O–H groups in total. The molecule has 0 aromatic heterocycles. The Morgan fingerprint density at radius 1 is 0.938 bits per heavy atom. The number of carbonyl (C=O) groups is 2. The highest BCUT2D eigenvalue weighted by molar-refractivity contribution is 5.97. The van der Waals surface area contributed by atoms with Crippen molar-refractivity contribution in [3.8, 4) is 0 Å². The largest absolute Gasteiger partial charge is 0.351 e. The number of amides is 2. The van der Waals surface area contributed by atoms with Gasteiger partial charge in [-0.25, -0.2) is 5.48 Å². The average molecular weight is 437 g/mol. The van der Waals surface area contributed by atoms with E-state index in [1.54, 1.807) is 17.6 Å². The van der Waals surface area contributed by atoms with Gasteiger partial charge in [0.15, 0.2) is 0 Å². The van der Waals surface area contributed by atoms with Crippen LogP contribution in [0.2, 0.25) is 0 Å². The highest BCUT2D eigenvalue weighted by Gasteiger charge is 2.38. The molecule has 2 aliphatic rings. The van der Waals surface area contributed by atoms with Crippen molar-refractivity contribution in [1.29, 1.82) is 0 Å². The zero-order valence-corrected chi connectivity index (χ0v) is 18.3. The summed E-state index contributed by atoms with van der Waals surface area (Å²) in [6.07, 6.45) is 3.63. The van der Waals surface area contributed by atoms with E-state index in [9.17, 15) is 9.59 Å². The van der Waals surface area contributed by atoms with Gasteiger partial charge in [0.2, 0.25) is 0 Å². The highest BCUT2D eigenvalue weighted by atomic mass is 16.5. The monoisotopic (exact) mass is 436 g/mol. The molecular weight excluding hydrogens is 404 g/mol. The summed E-state index contributed by atoms with van der Waals surface area (Å²) in [5.41, 5.74) is 3.83. The van der Waals surface area contributed by atoms with Crippen molar-refractivity contribution in [2.24, 2.45) is 5.92 Å². The molecule has 1 aliphatic carbocycles. The van der Waals surface area contributed by atoms with E-state index in [4.69, 9.17) is 5.21 Å². The predicted octanol–water partition coefficient (Wildman–Crippen LogP) is 2.39. The molecule has 2 aromatic carbocycles. The maximum atomic E-state index is 12.3. The predicted molar refractivity (Wildman–Crippen MR) is 123 cm³/mol. The third kappa shape index (κ3) is 5.94. The number of benzene rings is 2. The first-order valence-electron chi connectivity index (χ1n) is 11.5. The molecule has 2 fully saturated rings. The Bertz CT molecular complexity index is 895. The van der Waals surface area contributed by atoms with E-state index in [2.05, 4.69) is 45.9 Å². The third-order valence-electron chi connectivity index (χ3n) is 6.62. The number of hydrogen-bond acceptors (Lipinski definition) is 5. The second kappa shape index (κ2) is 10.7. The van der Waals surface area contributed by atoms with Gasteiger partial charge in [0.1, 0.15) is 0 Å². The van der Waals surface area contributed by atoms with E-state index in [0.717, 1.165) is 32.1 Å². The minimum atomic E-state index is -0.594. The molecule has 4 rings (SSSR count). The minimum Gasteiger partial charge on any atom is -0.351 e. The molecule has 1 saturated carbocycles. The van der Waals surface area contributed by atoms with Crippen molar-refractivity contribution in [3.05, 3.63) is 71.3 Å².